The SMILES string of the molecule is CC(C)(C)OC(=O)NC1CCN(C2CCCCC2O)CC1. The van der Waals surface area contributed by atoms with Crippen molar-refractivity contribution in [2.45, 2.75) is 83.1 Å². The van der Waals surface area contributed by atoms with Gasteiger partial charge in [-0.3, -0.25) is 4.90 Å². The Morgan fingerprint density at radius 1 is 1.14 bits per heavy atom. The van der Waals surface area contributed by atoms with Crippen molar-refractivity contribution in [3.05, 3.63) is 0 Å². The molecule has 1 aliphatic carbocycles. The van der Waals surface area contributed by atoms with Gasteiger partial charge in [0.1, 0.15) is 5.60 Å². The first kappa shape index (κ1) is 16.6. The number of hydrogen-bond donors (Lipinski definition) is 2. The summed E-state index contributed by atoms with van der Waals surface area (Å²) < 4.78 is 5.30. The van der Waals surface area contributed by atoms with E-state index in [2.05, 4.69) is 10.2 Å². The van der Waals surface area contributed by atoms with E-state index in [-0.39, 0.29) is 18.2 Å². The number of nitrogens with zero attached hydrogens (tertiary/aromatic N) is 1. The van der Waals surface area contributed by atoms with Gasteiger partial charge in [0.15, 0.2) is 0 Å². The predicted molar refractivity (Wildman–Crippen MR) is 82.2 cm³/mol. The van der Waals surface area contributed by atoms with Gasteiger partial charge in [-0.05, 0) is 46.5 Å². The molecular formula is C16H30N2O3. The molecule has 2 atom stereocenters. The summed E-state index contributed by atoms with van der Waals surface area (Å²) in [6.45, 7) is 7.52. The lowest BCUT2D eigenvalue weighted by Crippen LogP contribution is -2.52. The van der Waals surface area contributed by atoms with Crippen LogP contribution in [0.25, 0.3) is 0 Å². The molecule has 2 rings (SSSR count). The average Bonchev–Trinajstić information content (AvgIpc) is 2.38. The lowest BCUT2D eigenvalue weighted by atomic mass is 9.89. The minimum Gasteiger partial charge on any atom is -0.444 e. The van der Waals surface area contributed by atoms with Gasteiger partial charge >= 0.3 is 6.09 Å². The molecule has 2 N–H and O–H groups in total. The molecule has 1 saturated carbocycles. The number of nitrogens with one attached hydrogen (secondary N) is 1. The van der Waals surface area contributed by atoms with E-state index in [1.165, 1.54) is 6.42 Å². The van der Waals surface area contributed by atoms with Crippen LogP contribution in [0, 0.1) is 0 Å². The molecule has 0 spiro atoms. The van der Waals surface area contributed by atoms with Gasteiger partial charge in [-0.1, -0.05) is 12.8 Å². The fourth-order valence-corrected chi connectivity index (χ4v) is 3.37. The molecule has 0 bridgehead atoms. The number of likely N-dealkylation sites (tertiary alicyclic amines) is 1. The van der Waals surface area contributed by atoms with Gasteiger partial charge in [0.25, 0.3) is 0 Å². The Hall–Kier alpha value is -0.810. The molecule has 0 aromatic rings. The van der Waals surface area contributed by atoms with E-state index in [9.17, 15) is 9.90 Å². The van der Waals surface area contributed by atoms with E-state index in [1.807, 2.05) is 20.8 Å². The monoisotopic (exact) mass is 298 g/mol. The zero-order chi connectivity index (χ0) is 15.5. The molecule has 0 aromatic carbocycles. The molecule has 122 valence electrons. The zero-order valence-electron chi connectivity index (χ0n) is 13.6. The highest BCUT2D eigenvalue weighted by atomic mass is 16.6. The van der Waals surface area contributed by atoms with Crippen molar-refractivity contribution >= 4 is 6.09 Å². The largest absolute Gasteiger partial charge is 0.444 e. The van der Waals surface area contributed by atoms with E-state index < -0.39 is 5.60 Å². The molecular weight excluding hydrogens is 268 g/mol. The van der Waals surface area contributed by atoms with E-state index >= 15 is 0 Å². The van der Waals surface area contributed by atoms with Gasteiger partial charge in [-0.15, -0.1) is 0 Å². The van der Waals surface area contributed by atoms with Crippen LogP contribution in [-0.4, -0.2) is 53.0 Å². The number of alkyl carbamates (subject to hydrolysis) is 1. The normalized spacial score (nSPS) is 29.1. The fraction of sp³-hybridized carbons (Fsp3) is 0.938. The highest BCUT2D eigenvalue weighted by Crippen LogP contribution is 2.26. The van der Waals surface area contributed by atoms with Crippen molar-refractivity contribution in [1.82, 2.24) is 10.2 Å². The van der Waals surface area contributed by atoms with Gasteiger partial charge in [-0.25, -0.2) is 4.79 Å². The molecule has 2 aliphatic rings. The van der Waals surface area contributed by atoms with Crippen LogP contribution >= 0.6 is 0 Å². The van der Waals surface area contributed by atoms with Gasteiger partial charge < -0.3 is 15.2 Å². The molecule has 5 nitrogen and oxygen atoms in total. The average molecular weight is 298 g/mol. The maximum absolute atomic E-state index is 11.8. The maximum Gasteiger partial charge on any atom is 0.407 e. The fourth-order valence-electron chi connectivity index (χ4n) is 3.37. The zero-order valence-corrected chi connectivity index (χ0v) is 13.6. The summed E-state index contributed by atoms with van der Waals surface area (Å²) in [4.78, 5) is 14.2. The second kappa shape index (κ2) is 6.97. The predicted octanol–water partition coefficient (Wildman–Crippen LogP) is 2.28. The Labute approximate surface area is 128 Å². The van der Waals surface area contributed by atoms with Crippen molar-refractivity contribution in [3.63, 3.8) is 0 Å². The van der Waals surface area contributed by atoms with Gasteiger partial charge in [0.2, 0.25) is 0 Å². The van der Waals surface area contributed by atoms with Crippen LogP contribution in [0.5, 0.6) is 0 Å². The van der Waals surface area contributed by atoms with E-state index in [4.69, 9.17) is 4.74 Å². The second-order valence-electron chi connectivity index (χ2n) is 7.38. The van der Waals surface area contributed by atoms with Crippen LogP contribution in [0.1, 0.15) is 59.3 Å². The molecule has 1 saturated heterocycles. The summed E-state index contributed by atoms with van der Waals surface area (Å²) >= 11 is 0. The first-order valence-electron chi connectivity index (χ1n) is 8.27. The number of rotatable bonds is 2. The quantitative estimate of drug-likeness (QED) is 0.821. The molecule has 1 heterocycles. The van der Waals surface area contributed by atoms with Crippen LogP contribution in [0.3, 0.4) is 0 Å². The van der Waals surface area contributed by atoms with Crippen LogP contribution in [0.15, 0.2) is 0 Å². The van der Waals surface area contributed by atoms with Gasteiger partial charge in [0, 0.05) is 25.2 Å². The van der Waals surface area contributed by atoms with E-state index in [0.29, 0.717) is 6.04 Å². The minimum atomic E-state index is -0.447. The smallest absolute Gasteiger partial charge is 0.407 e. The summed E-state index contributed by atoms with van der Waals surface area (Å²) in [5, 5.41) is 13.1. The molecule has 5 heteroatoms. The number of aliphatic hydroxyl groups is 1. The lowest BCUT2D eigenvalue weighted by Gasteiger charge is -2.41. The van der Waals surface area contributed by atoms with Crippen molar-refractivity contribution in [2.24, 2.45) is 0 Å². The minimum absolute atomic E-state index is 0.172. The van der Waals surface area contributed by atoms with E-state index in [0.717, 1.165) is 45.2 Å². The third kappa shape index (κ3) is 5.15. The summed E-state index contributed by atoms with van der Waals surface area (Å²) in [5.41, 5.74) is -0.447. The third-order valence-electron chi connectivity index (χ3n) is 4.41. The Kier molecular flexibility index (Phi) is 5.49. The maximum atomic E-state index is 11.8. The lowest BCUT2D eigenvalue weighted by molar-refractivity contribution is 0.00518. The molecule has 0 aromatic heterocycles. The Morgan fingerprint density at radius 2 is 1.76 bits per heavy atom. The van der Waals surface area contributed by atoms with Crippen LogP contribution in [0.2, 0.25) is 0 Å². The Morgan fingerprint density at radius 3 is 2.33 bits per heavy atom. The summed E-state index contributed by atoms with van der Waals surface area (Å²) in [6.07, 6.45) is 5.77. The van der Waals surface area contributed by atoms with Crippen LogP contribution in [0.4, 0.5) is 4.79 Å². The van der Waals surface area contributed by atoms with Crippen molar-refractivity contribution in [2.75, 3.05) is 13.1 Å². The first-order valence-corrected chi connectivity index (χ1v) is 8.27. The van der Waals surface area contributed by atoms with Crippen molar-refractivity contribution in [3.8, 4) is 0 Å². The summed E-state index contributed by atoms with van der Waals surface area (Å²) in [6, 6.07) is 0.512. The van der Waals surface area contributed by atoms with Gasteiger partial charge in [-0.2, -0.15) is 0 Å². The molecule has 1 amide bonds. The third-order valence-corrected chi connectivity index (χ3v) is 4.41. The number of amides is 1. The summed E-state index contributed by atoms with van der Waals surface area (Å²) in [7, 11) is 0. The number of carbonyl (C=O) groups is 1. The summed E-state index contributed by atoms with van der Waals surface area (Å²) in [5.74, 6) is 0. The standard InChI is InChI=1S/C16H30N2O3/c1-16(2,3)21-15(20)17-12-8-10-18(11-9-12)13-6-4-5-7-14(13)19/h12-14,19H,4-11H2,1-3H3,(H,17,20). The second-order valence-corrected chi connectivity index (χ2v) is 7.38. The van der Waals surface area contributed by atoms with Crippen LogP contribution in [-0.2, 0) is 4.74 Å². The molecule has 21 heavy (non-hydrogen) atoms. The number of piperidine rings is 1. The highest BCUT2D eigenvalue weighted by molar-refractivity contribution is 5.68. The van der Waals surface area contributed by atoms with Gasteiger partial charge in [0.05, 0.1) is 6.10 Å². The molecule has 1 aliphatic heterocycles. The molecule has 2 fully saturated rings. The molecule has 0 radical (unpaired) electrons. The number of carbonyl (C=O) groups excluding carboxylic acids is 1. The number of aliphatic hydroxyl groups excluding tert-OH is 1. The Balaban J connectivity index is 1.74. The topological polar surface area (TPSA) is 61.8 Å². The molecule has 2 unspecified atom stereocenters. The highest BCUT2D eigenvalue weighted by Gasteiger charge is 2.32. The Bertz CT molecular complexity index is 346. The van der Waals surface area contributed by atoms with Crippen LogP contribution < -0.4 is 5.32 Å². The first-order chi connectivity index (χ1) is 9.85. The number of hydrogen-bond acceptors (Lipinski definition) is 4. The van der Waals surface area contributed by atoms with Crippen molar-refractivity contribution in [1.29, 1.82) is 0 Å². The van der Waals surface area contributed by atoms with E-state index in [1.54, 1.807) is 0 Å². The van der Waals surface area contributed by atoms with Crippen molar-refractivity contribution < 1.29 is 14.6 Å². The number of ether oxygens (including phenoxy) is 1.